The van der Waals surface area contributed by atoms with Crippen LogP contribution in [0.4, 0.5) is 0 Å². The van der Waals surface area contributed by atoms with Gasteiger partial charge in [-0.15, -0.1) is 0 Å². The molecule has 0 bridgehead atoms. The molecule has 0 spiro atoms. The lowest BCUT2D eigenvalue weighted by Gasteiger charge is -2.26. The van der Waals surface area contributed by atoms with Crippen LogP contribution >= 0.6 is 0 Å². The maximum absolute atomic E-state index is 13.7. The average Bonchev–Trinajstić information content (AvgIpc) is 2.88. The van der Waals surface area contributed by atoms with E-state index >= 15 is 0 Å². The number of rotatable bonds is 8. The Bertz CT molecular complexity index is 1370. The second-order valence-corrected chi connectivity index (χ2v) is 9.92. The molecule has 0 unspecified atom stereocenters. The van der Waals surface area contributed by atoms with E-state index in [-0.39, 0.29) is 0 Å². The van der Waals surface area contributed by atoms with E-state index in [0.29, 0.717) is 11.3 Å². The first kappa shape index (κ1) is 25.8. The van der Waals surface area contributed by atoms with E-state index in [1.165, 1.54) is 0 Å². The minimum Gasteiger partial charge on any atom is -0.458 e. The SMILES string of the molecule is CC(C)(C)OC(=O)[C@@H](N=C(c1ccccc1)c1ccccc1)[C@H](C[N+](=O)[O-])c1ccc2ccccc2c1. The molecule has 4 aromatic carbocycles. The van der Waals surface area contributed by atoms with Crippen molar-refractivity contribution < 1.29 is 14.5 Å². The van der Waals surface area contributed by atoms with E-state index in [1.54, 1.807) is 20.8 Å². The zero-order valence-electron chi connectivity index (χ0n) is 21.2. The molecule has 2 atom stereocenters. The van der Waals surface area contributed by atoms with Crippen molar-refractivity contribution in [3.05, 3.63) is 130 Å². The van der Waals surface area contributed by atoms with E-state index in [0.717, 1.165) is 21.9 Å². The van der Waals surface area contributed by atoms with Crippen molar-refractivity contribution in [1.29, 1.82) is 0 Å². The quantitative estimate of drug-likeness (QED) is 0.122. The number of ether oxygens (including phenoxy) is 1. The fourth-order valence-electron chi connectivity index (χ4n) is 4.30. The number of carbonyl (C=O) groups excluding carboxylic acids is 1. The first-order chi connectivity index (χ1) is 17.7. The van der Waals surface area contributed by atoms with Gasteiger partial charge in [0.05, 0.1) is 11.6 Å². The zero-order valence-corrected chi connectivity index (χ0v) is 21.2. The molecule has 0 saturated carbocycles. The van der Waals surface area contributed by atoms with Crippen LogP contribution in [0.5, 0.6) is 0 Å². The van der Waals surface area contributed by atoms with E-state index < -0.39 is 35.0 Å². The molecule has 0 saturated heterocycles. The Morgan fingerprint density at radius 3 is 1.92 bits per heavy atom. The maximum Gasteiger partial charge on any atom is 0.332 e. The number of hydrogen-bond donors (Lipinski definition) is 0. The van der Waals surface area contributed by atoms with Gasteiger partial charge < -0.3 is 4.74 Å². The van der Waals surface area contributed by atoms with Gasteiger partial charge in [0.2, 0.25) is 6.54 Å². The van der Waals surface area contributed by atoms with E-state index in [2.05, 4.69) is 0 Å². The molecule has 0 heterocycles. The Morgan fingerprint density at radius 2 is 1.38 bits per heavy atom. The summed E-state index contributed by atoms with van der Waals surface area (Å²) in [6, 6.07) is 31.4. The summed E-state index contributed by atoms with van der Waals surface area (Å²) < 4.78 is 5.78. The fraction of sp³-hybridized carbons (Fsp3) is 0.226. The largest absolute Gasteiger partial charge is 0.458 e. The molecule has 0 aromatic heterocycles. The summed E-state index contributed by atoms with van der Waals surface area (Å²) in [4.78, 5) is 30.1. The van der Waals surface area contributed by atoms with Gasteiger partial charge >= 0.3 is 5.97 Å². The lowest BCUT2D eigenvalue weighted by atomic mass is 9.89. The van der Waals surface area contributed by atoms with Gasteiger partial charge in [0.1, 0.15) is 5.60 Å². The van der Waals surface area contributed by atoms with Crippen molar-refractivity contribution in [3.63, 3.8) is 0 Å². The number of aliphatic imine (C=N–C) groups is 1. The third-order valence-electron chi connectivity index (χ3n) is 5.94. The van der Waals surface area contributed by atoms with Gasteiger partial charge in [-0.2, -0.15) is 0 Å². The summed E-state index contributed by atoms with van der Waals surface area (Å²) in [5.74, 6) is -1.44. The van der Waals surface area contributed by atoms with Gasteiger partial charge in [0, 0.05) is 16.1 Å². The predicted molar refractivity (Wildman–Crippen MR) is 147 cm³/mol. The molecule has 0 amide bonds. The highest BCUT2D eigenvalue weighted by Gasteiger charge is 2.37. The van der Waals surface area contributed by atoms with Crippen molar-refractivity contribution in [2.24, 2.45) is 4.99 Å². The lowest BCUT2D eigenvalue weighted by Crippen LogP contribution is -2.37. The van der Waals surface area contributed by atoms with Gasteiger partial charge in [-0.3, -0.25) is 15.1 Å². The van der Waals surface area contributed by atoms with Gasteiger partial charge in [-0.1, -0.05) is 103 Å². The number of nitro groups is 1. The smallest absolute Gasteiger partial charge is 0.332 e. The molecular weight excluding hydrogens is 464 g/mol. The van der Waals surface area contributed by atoms with E-state index in [1.807, 2.05) is 103 Å². The van der Waals surface area contributed by atoms with Crippen LogP contribution in [0.3, 0.4) is 0 Å². The predicted octanol–water partition coefficient (Wildman–Crippen LogP) is 6.45. The third-order valence-corrected chi connectivity index (χ3v) is 5.94. The molecule has 0 aliphatic carbocycles. The van der Waals surface area contributed by atoms with Gasteiger partial charge in [-0.25, -0.2) is 4.79 Å². The van der Waals surface area contributed by atoms with Gasteiger partial charge in [0.15, 0.2) is 6.04 Å². The Hall–Kier alpha value is -4.32. The van der Waals surface area contributed by atoms with Crippen molar-refractivity contribution in [1.82, 2.24) is 0 Å². The molecule has 0 aliphatic rings. The number of fused-ring (bicyclic) bond motifs is 1. The van der Waals surface area contributed by atoms with Crippen LogP contribution in [-0.2, 0) is 9.53 Å². The molecule has 0 fully saturated rings. The number of carbonyl (C=O) groups is 1. The Labute approximate surface area is 216 Å². The molecule has 0 N–H and O–H groups in total. The third kappa shape index (κ3) is 6.67. The Kier molecular flexibility index (Phi) is 7.77. The van der Waals surface area contributed by atoms with Crippen LogP contribution in [0.15, 0.2) is 108 Å². The molecule has 37 heavy (non-hydrogen) atoms. The molecule has 188 valence electrons. The second-order valence-electron chi connectivity index (χ2n) is 9.92. The summed E-state index contributed by atoms with van der Waals surface area (Å²) in [6.45, 7) is 4.86. The first-order valence-corrected chi connectivity index (χ1v) is 12.2. The number of hydrogen-bond acceptors (Lipinski definition) is 5. The maximum atomic E-state index is 13.7. The molecule has 6 heteroatoms. The summed E-state index contributed by atoms with van der Waals surface area (Å²) in [5, 5.41) is 13.8. The first-order valence-electron chi connectivity index (χ1n) is 12.2. The van der Waals surface area contributed by atoms with Crippen LogP contribution in [0.2, 0.25) is 0 Å². The normalized spacial score (nSPS) is 12.9. The van der Waals surface area contributed by atoms with Gasteiger partial charge in [0.25, 0.3) is 0 Å². The Balaban J connectivity index is 1.92. The van der Waals surface area contributed by atoms with Crippen LogP contribution in [0.25, 0.3) is 10.8 Å². The summed E-state index contributed by atoms with van der Waals surface area (Å²) in [6.07, 6.45) is 0. The summed E-state index contributed by atoms with van der Waals surface area (Å²) in [5.41, 5.74) is 2.07. The van der Waals surface area contributed by atoms with Crippen LogP contribution in [0, 0.1) is 10.1 Å². The zero-order chi connectivity index (χ0) is 26.4. The average molecular weight is 495 g/mol. The van der Waals surface area contributed by atoms with Crippen molar-refractivity contribution in [2.75, 3.05) is 6.54 Å². The molecule has 6 nitrogen and oxygen atoms in total. The summed E-state index contributed by atoms with van der Waals surface area (Å²) in [7, 11) is 0. The second kappa shape index (κ2) is 11.2. The van der Waals surface area contributed by atoms with E-state index in [9.17, 15) is 14.9 Å². The van der Waals surface area contributed by atoms with E-state index in [4.69, 9.17) is 9.73 Å². The Morgan fingerprint density at radius 1 is 0.838 bits per heavy atom. The highest BCUT2D eigenvalue weighted by atomic mass is 16.6. The van der Waals surface area contributed by atoms with Crippen molar-refractivity contribution in [2.45, 2.75) is 38.3 Å². The standard InChI is InChI=1S/C31H30N2O4/c1-31(2,3)37-30(34)29(32-28(23-13-6-4-7-14-23)24-15-8-5-9-16-24)27(21-33(35)36)26-19-18-22-12-10-11-17-25(22)20-26/h4-20,27,29H,21H2,1-3H3/t27-,29+/m1/s1. The van der Waals surface area contributed by atoms with Crippen molar-refractivity contribution in [3.8, 4) is 0 Å². The minimum atomic E-state index is -1.14. The molecule has 4 rings (SSSR count). The topological polar surface area (TPSA) is 81.8 Å². The van der Waals surface area contributed by atoms with Crippen LogP contribution in [-0.4, -0.2) is 34.8 Å². The summed E-state index contributed by atoms with van der Waals surface area (Å²) >= 11 is 0. The minimum absolute atomic E-state index is 0.391. The lowest BCUT2D eigenvalue weighted by molar-refractivity contribution is -0.483. The molecular formula is C31H30N2O4. The van der Waals surface area contributed by atoms with Gasteiger partial charge in [-0.05, 0) is 37.1 Å². The van der Waals surface area contributed by atoms with Crippen LogP contribution < -0.4 is 0 Å². The van der Waals surface area contributed by atoms with Crippen LogP contribution in [0.1, 0.15) is 43.4 Å². The van der Waals surface area contributed by atoms with Crippen molar-refractivity contribution >= 4 is 22.5 Å². The number of esters is 1. The molecule has 0 aliphatic heterocycles. The monoisotopic (exact) mass is 494 g/mol. The molecule has 0 radical (unpaired) electrons. The number of benzene rings is 4. The highest BCUT2D eigenvalue weighted by Crippen LogP contribution is 2.29. The highest BCUT2D eigenvalue weighted by molar-refractivity contribution is 6.13. The molecule has 4 aromatic rings. The number of nitrogens with zero attached hydrogens (tertiary/aromatic N) is 2. The fourth-order valence-corrected chi connectivity index (χ4v) is 4.30.